The molecule has 0 nitrogen and oxygen atoms in total. The molecule has 0 fully saturated rings. The third-order valence-electron chi connectivity index (χ3n) is 3.87. The van der Waals surface area contributed by atoms with Crippen LogP contribution in [-0.2, 0) is 0 Å². The molecule has 1 aliphatic rings. The Kier molecular flexibility index (Phi) is 6.01. The first-order valence-corrected chi connectivity index (χ1v) is 8.30. The number of halogens is 1. The lowest BCUT2D eigenvalue weighted by Crippen LogP contribution is -2.00. The largest absolute Gasteiger partial charge is 0.0991 e. The van der Waals surface area contributed by atoms with Crippen LogP contribution in [0.4, 0.5) is 0 Å². The van der Waals surface area contributed by atoms with E-state index in [1.54, 1.807) is 6.08 Å². The van der Waals surface area contributed by atoms with Crippen molar-refractivity contribution >= 4 is 23.3 Å². The van der Waals surface area contributed by atoms with Crippen molar-refractivity contribution in [1.82, 2.24) is 0 Å². The summed E-state index contributed by atoms with van der Waals surface area (Å²) in [6.45, 7) is 11.9. The molecule has 1 aliphatic carbocycles. The average molecular weight is 323 g/mol. The van der Waals surface area contributed by atoms with E-state index in [1.807, 2.05) is 18.2 Å². The van der Waals surface area contributed by atoms with Crippen molar-refractivity contribution < 1.29 is 0 Å². The fourth-order valence-electron chi connectivity index (χ4n) is 2.79. The van der Waals surface area contributed by atoms with Crippen molar-refractivity contribution in [3.63, 3.8) is 0 Å². The second-order valence-corrected chi connectivity index (χ2v) is 6.08. The fraction of sp³-hybridized carbons (Fsp3) is 0.182. The third kappa shape index (κ3) is 4.03. The number of benzene rings is 1. The maximum Gasteiger partial charge on any atom is 0.0303 e. The SMILES string of the molecule is C=C/C=C\C1=C(Cl)CC(c2ccc(C)cc2C=C)=C/C1=C/CC. The van der Waals surface area contributed by atoms with Gasteiger partial charge in [-0.2, -0.15) is 0 Å². The Bertz CT molecular complexity index is 739. The van der Waals surface area contributed by atoms with E-state index in [1.165, 1.54) is 22.3 Å². The second kappa shape index (κ2) is 7.99. The van der Waals surface area contributed by atoms with Crippen LogP contribution in [0.25, 0.3) is 11.6 Å². The Hall–Kier alpha value is -2.05. The molecule has 1 heteroatoms. The molecule has 118 valence electrons. The molecule has 2 rings (SSSR count). The summed E-state index contributed by atoms with van der Waals surface area (Å²) in [5.74, 6) is 0. The topological polar surface area (TPSA) is 0 Å². The lowest BCUT2D eigenvalue weighted by atomic mass is 9.87. The average Bonchev–Trinajstić information content (AvgIpc) is 2.54. The molecule has 0 heterocycles. The molecule has 0 aromatic heterocycles. The number of hydrogen-bond donors (Lipinski definition) is 0. The van der Waals surface area contributed by atoms with Crippen LogP contribution in [0.3, 0.4) is 0 Å². The van der Waals surface area contributed by atoms with Gasteiger partial charge in [0.05, 0.1) is 0 Å². The molecule has 0 saturated carbocycles. The normalized spacial score (nSPS) is 16.8. The first-order chi connectivity index (χ1) is 11.1. The van der Waals surface area contributed by atoms with Gasteiger partial charge in [0.2, 0.25) is 0 Å². The second-order valence-electron chi connectivity index (χ2n) is 5.62. The molecule has 0 amide bonds. The summed E-state index contributed by atoms with van der Waals surface area (Å²) >= 11 is 6.61. The lowest BCUT2D eigenvalue weighted by Gasteiger charge is -2.20. The van der Waals surface area contributed by atoms with Crippen LogP contribution in [0.5, 0.6) is 0 Å². The predicted octanol–water partition coefficient (Wildman–Crippen LogP) is 7.00. The van der Waals surface area contributed by atoms with Gasteiger partial charge in [-0.1, -0.05) is 91.9 Å². The van der Waals surface area contributed by atoms with Crippen LogP contribution in [0, 0.1) is 6.92 Å². The van der Waals surface area contributed by atoms with E-state index in [4.69, 9.17) is 11.6 Å². The quantitative estimate of drug-likeness (QED) is 0.512. The highest BCUT2D eigenvalue weighted by Crippen LogP contribution is 2.38. The maximum atomic E-state index is 6.61. The van der Waals surface area contributed by atoms with E-state index in [2.05, 4.69) is 57.4 Å². The van der Waals surface area contributed by atoms with Crippen molar-refractivity contribution in [3.8, 4) is 0 Å². The van der Waals surface area contributed by atoms with Crippen LogP contribution in [0.1, 0.15) is 36.5 Å². The summed E-state index contributed by atoms with van der Waals surface area (Å²) < 4.78 is 0. The molecular formula is C22H23Cl. The summed E-state index contributed by atoms with van der Waals surface area (Å²) in [7, 11) is 0. The Morgan fingerprint density at radius 3 is 2.70 bits per heavy atom. The van der Waals surface area contributed by atoms with E-state index in [0.29, 0.717) is 0 Å². The zero-order valence-electron chi connectivity index (χ0n) is 13.9. The Labute approximate surface area is 144 Å². The monoisotopic (exact) mass is 322 g/mol. The third-order valence-corrected chi connectivity index (χ3v) is 4.21. The number of aryl methyl sites for hydroxylation is 1. The minimum Gasteiger partial charge on any atom is -0.0991 e. The smallest absolute Gasteiger partial charge is 0.0303 e. The van der Waals surface area contributed by atoms with E-state index in [-0.39, 0.29) is 0 Å². The highest BCUT2D eigenvalue weighted by atomic mass is 35.5. The van der Waals surface area contributed by atoms with Crippen LogP contribution in [0.2, 0.25) is 0 Å². The van der Waals surface area contributed by atoms with Gasteiger partial charge in [0.15, 0.2) is 0 Å². The summed E-state index contributed by atoms with van der Waals surface area (Å²) in [6, 6.07) is 6.46. The van der Waals surface area contributed by atoms with Gasteiger partial charge in [-0.25, -0.2) is 0 Å². The van der Waals surface area contributed by atoms with Gasteiger partial charge in [0.1, 0.15) is 0 Å². The molecule has 0 aliphatic heterocycles. The first kappa shape index (κ1) is 17.3. The molecule has 0 unspecified atom stereocenters. The Morgan fingerprint density at radius 2 is 2.04 bits per heavy atom. The lowest BCUT2D eigenvalue weighted by molar-refractivity contribution is 1.18. The predicted molar refractivity (Wildman–Crippen MR) is 104 cm³/mol. The minimum absolute atomic E-state index is 0.739. The van der Waals surface area contributed by atoms with Crippen LogP contribution >= 0.6 is 11.6 Å². The van der Waals surface area contributed by atoms with Crippen molar-refractivity contribution in [3.05, 3.63) is 94.6 Å². The van der Waals surface area contributed by atoms with Crippen molar-refractivity contribution in [2.45, 2.75) is 26.7 Å². The highest BCUT2D eigenvalue weighted by molar-refractivity contribution is 6.31. The van der Waals surface area contributed by atoms with Crippen molar-refractivity contribution in [1.29, 1.82) is 0 Å². The Morgan fingerprint density at radius 1 is 1.26 bits per heavy atom. The summed E-state index contributed by atoms with van der Waals surface area (Å²) in [5.41, 5.74) is 7.09. The van der Waals surface area contributed by atoms with Crippen LogP contribution in [-0.4, -0.2) is 0 Å². The molecule has 1 aromatic rings. The van der Waals surface area contributed by atoms with E-state index in [9.17, 15) is 0 Å². The van der Waals surface area contributed by atoms with Gasteiger partial charge in [-0.05, 0) is 41.2 Å². The van der Waals surface area contributed by atoms with Gasteiger partial charge < -0.3 is 0 Å². The maximum absolute atomic E-state index is 6.61. The standard InChI is InChI=1S/C22H23Cl/c1-5-8-10-21-18(9-6-2)14-19(15-22(21)23)20-12-11-16(4)13-17(20)7-3/h5,7-14H,1,3,6,15H2,2,4H3/b10-8-,18-9-. The number of allylic oxidation sites excluding steroid dienone is 9. The molecule has 1 aromatic carbocycles. The zero-order valence-corrected chi connectivity index (χ0v) is 14.7. The molecule has 0 radical (unpaired) electrons. The van der Waals surface area contributed by atoms with Gasteiger partial charge in [-0.15, -0.1) is 0 Å². The molecular weight excluding hydrogens is 300 g/mol. The minimum atomic E-state index is 0.739. The van der Waals surface area contributed by atoms with Gasteiger partial charge in [-0.3, -0.25) is 0 Å². The van der Waals surface area contributed by atoms with E-state index < -0.39 is 0 Å². The number of hydrogen-bond acceptors (Lipinski definition) is 0. The molecule has 0 spiro atoms. The van der Waals surface area contributed by atoms with E-state index >= 15 is 0 Å². The molecule has 23 heavy (non-hydrogen) atoms. The summed E-state index contributed by atoms with van der Waals surface area (Å²) in [4.78, 5) is 0. The summed E-state index contributed by atoms with van der Waals surface area (Å²) in [5, 5.41) is 0.871. The van der Waals surface area contributed by atoms with Gasteiger partial charge in [0, 0.05) is 11.5 Å². The van der Waals surface area contributed by atoms with Crippen LogP contribution < -0.4 is 0 Å². The van der Waals surface area contributed by atoms with Crippen molar-refractivity contribution in [2.24, 2.45) is 0 Å². The number of rotatable bonds is 5. The highest BCUT2D eigenvalue weighted by Gasteiger charge is 2.17. The van der Waals surface area contributed by atoms with E-state index in [0.717, 1.165) is 29.0 Å². The molecule has 0 saturated heterocycles. The van der Waals surface area contributed by atoms with Crippen molar-refractivity contribution in [2.75, 3.05) is 0 Å². The molecule has 0 atom stereocenters. The molecule has 0 bridgehead atoms. The fourth-order valence-corrected chi connectivity index (χ4v) is 3.11. The van der Waals surface area contributed by atoms with Crippen LogP contribution in [0.15, 0.2) is 77.9 Å². The zero-order chi connectivity index (χ0) is 16.8. The van der Waals surface area contributed by atoms with Gasteiger partial charge >= 0.3 is 0 Å². The Balaban J connectivity index is 2.51. The first-order valence-electron chi connectivity index (χ1n) is 7.93. The molecule has 0 N–H and O–H groups in total. The summed E-state index contributed by atoms with van der Waals surface area (Å²) in [6.07, 6.45) is 13.8. The van der Waals surface area contributed by atoms with Gasteiger partial charge in [0.25, 0.3) is 0 Å².